The molecule has 29 heavy (non-hydrogen) atoms. The van der Waals surface area contributed by atoms with Crippen LogP contribution < -0.4 is 5.32 Å². The Kier molecular flexibility index (Phi) is 5.47. The number of halogens is 1. The molecular formula is C20H23ClN6O2. The van der Waals surface area contributed by atoms with Crippen molar-refractivity contribution in [2.45, 2.75) is 51.8 Å². The number of hydrogen-bond acceptors (Lipinski definition) is 6. The standard InChI is InChI=1S/C20H23ClN6O2/c1-11(2)27-18-14(7-13(21)9-24-18)25-19(27)17(16-5-4-6-29-16)26-20(28)15-10-22-12(3)8-23-15/h7-11,16-17H,4-6H2,1-3H3,(H,26,28)/t16-,17-/m0/s1. The Labute approximate surface area is 173 Å². The largest absolute Gasteiger partial charge is 0.376 e. The van der Waals surface area contributed by atoms with Gasteiger partial charge in [-0.2, -0.15) is 0 Å². The van der Waals surface area contributed by atoms with E-state index >= 15 is 0 Å². The third-order valence-electron chi connectivity index (χ3n) is 4.96. The second-order valence-electron chi connectivity index (χ2n) is 7.48. The number of ether oxygens (including phenoxy) is 1. The van der Waals surface area contributed by atoms with Crippen LogP contribution in [-0.4, -0.2) is 43.1 Å². The number of imidazole rings is 1. The highest BCUT2D eigenvalue weighted by molar-refractivity contribution is 6.31. The SMILES string of the molecule is Cc1cnc(C(=O)N[C@H](c2nc3cc(Cl)cnc3n2C(C)C)[C@@H]2CCCO2)cn1. The van der Waals surface area contributed by atoms with Gasteiger partial charge in [-0.05, 0) is 39.7 Å². The molecule has 0 saturated carbocycles. The summed E-state index contributed by atoms with van der Waals surface area (Å²) in [6.07, 6.45) is 6.25. The van der Waals surface area contributed by atoms with Crippen LogP contribution in [-0.2, 0) is 4.74 Å². The van der Waals surface area contributed by atoms with Gasteiger partial charge in [0, 0.05) is 25.0 Å². The van der Waals surface area contributed by atoms with Crippen molar-refractivity contribution in [3.63, 3.8) is 0 Å². The molecule has 1 saturated heterocycles. The lowest BCUT2D eigenvalue weighted by Crippen LogP contribution is -2.38. The van der Waals surface area contributed by atoms with Crippen LogP contribution in [0, 0.1) is 6.92 Å². The van der Waals surface area contributed by atoms with E-state index in [0.29, 0.717) is 23.0 Å². The molecule has 1 aliphatic rings. The molecule has 1 fully saturated rings. The van der Waals surface area contributed by atoms with Crippen molar-refractivity contribution in [3.8, 4) is 0 Å². The summed E-state index contributed by atoms with van der Waals surface area (Å²) in [6.45, 7) is 6.60. The number of nitrogens with one attached hydrogen (secondary N) is 1. The summed E-state index contributed by atoms with van der Waals surface area (Å²) in [5.41, 5.74) is 2.43. The molecule has 8 nitrogen and oxygen atoms in total. The lowest BCUT2D eigenvalue weighted by Gasteiger charge is -2.25. The first kappa shape index (κ1) is 19.7. The van der Waals surface area contributed by atoms with Gasteiger partial charge in [0.15, 0.2) is 5.65 Å². The molecule has 0 radical (unpaired) electrons. The Bertz CT molecular complexity index is 1030. The third-order valence-corrected chi connectivity index (χ3v) is 5.16. The first-order valence-electron chi connectivity index (χ1n) is 9.68. The summed E-state index contributed by atoms with van der Waals surface area (Å²) in [5.74, 6) is 0.386. The van der Waals surface area contributed by atoms with Gasteiger partial charge in [-0.3, -0.25) is 9.78 Å². The van der Waals surface area contributed by atoms with Crippen molar-refractivity contribution in [2.24, 2.45) is 0 Å². The number of pyridine rings is 1. The zero-order valence-corrected chi connectivity index (χ0v) is 17.3. The smallest absolute Gasteiger partial charge is 0.272 e. The molecule has 1 N–H and O–H groups in total. The van der Waals surface area contributed by atoms with Crippen LogP contribution >= 0.6 is 11.6 Å². The number of carbonyl (C=O) groups excluding carboxylic acids is 1. The van der Waals surface area contributed by atoms with Crippen LogP contribution in [0.4, 0.5) is 0 Å². The zero-order valence-electron chi connectivity index (χ0n) is 16.6. The fourth-order valence-corrected chi connectivity index (χ4v) is 3.77. The van der Waals surface area contributed by atoms with Gasteiger partial charge < -0.3 is 14.6 Å². The predicted molar refractivity (Wildman–Crippen MR) is 109 cm³/mol. The van der Waals surface area contributed by atoms with Crippen LogP contribution in [0.2, 0.25) is 5.02 Å². The topological polar surface area (TPSA) is 94.8 Å². The fraction of sp³-hybridized carbons (Fsp3) is 0.450. The molecule has 9 heteroatoms. The van der Waals surface area contributed by atoms with Crippen molar-refractivity contribution in [1.29, 1.82) is 0 Å². The van der Waals surface area contributed by atoms with Crippen molar-refractivity contribution in [1.82, 2.24) is 29.8 Å². The highest BCUT2D eigenvalue weighted by atomic mass is 35.5. The molecule has 4 rings (SSSR count). The van der Waals surface area contributed by atoms with Crippen molar-refractivity contribution < 1.29 is 9.53 Å². The summed E-state index contributed by atoms with van der Waals surface area (Å²) >= 11 is 6.12. The van der Waals surface area contributed by atoms with E-state index in [-0.39, 0.29) is 23.7 Å². The maximum atomic E-state index is 12.9. The van der Waals surface area contributed by atoms with Crippen LogP contribution in [0.5, 0.6) is 0 Å². The molecule has 1 amide bonds. The number of carbonyl (C=O) groups is 1. The summed E-state index contributed by atoms with van der Waals surface area (Å²) in [5, 5.41) is 3.59. The lowest BCUT2D eigenvalue weighted by atomic mass is 10.1. The fourth-order valence-electron chi connectivity index (χ4n) is 3.62. The van der Waals surface area contributed by atoms with E-state index in [4.69, 9.17) is 21.3 Å². The van der Waals surface area contributed by atoms with E-state index in [1.165, 1.54) is 6.20 Å². The normalized spacial score (nSPS) is 17.8. The van der Waals surface area contributed by atoms with Crippen LogP contribution in [0.1, 0.15) is 60.8 Å². The van der Waals surface area contributed by atoms with Gasteiger partial charge in [0.05, 0.1) is 23.0 Å². The Morgan fingerprint density at radius 1 is 1.28 bits per heavy atom. The number of aryl methyl sites for hydroxylation is 1. The van der Waals surface area contributed by atoms with E-state index in [9.17, 15) is 4.79 Å². The van der Waals surface area contributed by atoms with Crippen LogP contribution in [0.3, 0.4) is 0 Å². The van der Waals surface area contributed by atoms with Gasteiger partial charge in [-0.25, -0.2) is 15.0 Å². The minimum absolute atomic E-state index is 0.0867. The summed E-state index contributed by atoms with van der Waals surface area (Å²) < 4.78 is 7.96. The first-order valence-corrected chi connectivity index (χ1v) is 10.1. The van der Waals surface area contributed by atoms with Gasteiger partial charge in [0.2, 0.25) is 0 Å². The second-order valence-corrected chi connectivity index (χ2v) is 7.91. The van der Waals surface area contributed by atoms with Crippen LogP contribution in [0.25, 0.3) is 11.2 Å². The van der Waals surface area contributed by atoms with Gasteiger partial charge >= 0.3 is 0 Å². The van der Waals surface area contributed by atoms with Crippen molar-refractivity contribution in [3.05, 3.63) is 46.9 Å². The summed E-state index contributed by atoms with van der Waals surface area (Å²) in [4.78, 5) is 30.5. The molecule has 0 bridgehead atoms. The number of hydrogen-bond donors (Lipinski definition) is 1. The quantitative estimate of drug-likeness (QED) is 0.687. The minimum Gasteiger partial charge on any atom is -0.376 e. The molecule has 3 aromatic heterocycles. The molecule has 4 heterocycles. The molecule has 0 aliphatic carbocycles. The van der Waals surface area contributed by atoms with Gasteiger partial charge in [-0.1, -0.05) is 11.6 Å². The minimum atomic E-state index is -0.441. The van der Waals surface area contributed by atoms with Gasteiger partial charge in [0.25, 0.3) is 5.91 Å². The molecule has 0 unspecified atom stereocenters. The van der Waals surface area contributed by atoms with Gasteiger partial charge in [0.1, 0.15) is 23.1 Å². The molecule has 3 aromatic rings. The van der Waals surface area contributed by atoms with E-state index < -0.39 is 6.04 Å². The van der Waals surface area contributed by atoms with E-state index in [1.807, 2.05) is 11.5 Å². The van der Waals surface area contributed by atoms with Crippen molar-refractivity contribution in [2.75, 3.05) is 6.61 Å². The monoisotopic (exact) mass is 414 g/mol. The Morgan fingerprint density at radius 2 is 2.10 bits per heavy atom. The zero-order chi connectivity index (χ0) is 20.5. The first-order chi connectivity index (χ1) is 13.9. The molecule has 152 valence electrons. The number of amides is 1. The molecule has 0 aromatic carbocycles. The predicted octanol–water partition coefficient (Wildman–Crippen LogP) is 3.41. The summed E-state index contributed by atoms with van der Waals surface area (Å²) in [7, 11) is 0. The second kappa shape index (κ2) is 8.04. The Hall–Kier alpha value is -2.58. The highest BCUT2D eigenvalue weighted by Crippen LogP contribution is 2.31. The van der Waals surface area contributed by atoms with Gasteiger partial charge in [-0.15, -0.1) is 0 Å². The van der Waals surface area contributed by atoms with E-state index in [2.05, 4.69) is 34.1 Å². The molecule has 1 aliphatic heterocycles. The van der Waals surface area contributed by atoms with E-state index in [0.717, 1.165) is 24.2 Å². The maximum Gasteiger partial charge on any atom is 0.272 e. The maximum absolute atomic E-state index is 12.9. The number of fused-ring (bicyclic) bond motifs is 1. The molecule has 0 spiro atoms. The lowest BCUT2D eigenvalue weighted by molar-refractivity contribution is 0.0640. The Morgan fingerprint density at radius 3 is 2.76 bits per heavy atom. The molecule has 2 atom stereocenters. The average Bonchev–Trinajstić information content (AvgIpc) is 3.34. The number of aromatic nitrogens is 5. The molecular weight excluding hydrogens is 392 g/mol. The van der Waals surface area contributed by atoms with Crippen LogP contribution in [0.15, 0.2) is 24.7 Å². The van der Waals surface area contributed by atoms with E-state index in [1.54, 1.807) is 18.5 Å². The third kappa shape index (κ3) is 3.95. The Balaban J connectivity index is 1.76. The van der Waals surface area contributed by atoms with Crippen molar-refractivity contribution >= 4 is 28.7 Å². The number of nitrogens with zero attached hydrogens (tertiary/aromatic N) is 5. The highest BCUT2D eigenvalue weighted by Gasteiger charge is 2.34. The number of rotatable bonds is 5. The summed E-state index contributed by atoms with van der Waals surface area (Å²) in [6, 6.07) is 1.43. The average molecular weight is 415 g/mol.